The van der Waals surface area contributed by atoms with Crippen LogP contribution in [-0.4, -0.2) is 42.3 Å². The number of rotatable bonds is 5. The molecule has 0 aliphatic carbocycles. The molecule has 1 aliphatic rings. The molecule has 0 bridgehead atoms. The lowest BCUT2D eigenvalue weighted by Crippen LogP contribution is -2.46. The maximum absolute atomic E-state index is 13.2. The molecule has 0 spiro atoms. The van der Waals surface area contributed by atoms with Crippen LogP contribution in [-0.2, 0) is 11.3 Å². The maximum atomic E-state index is 13.2. The van der Waals surface area contributed by atoms with Gasteiger partial charge in [0.1, 0.15) is 5.82 Å². The standard InChI is InChI=1S/C23H21FN3O/c24-21-7-5-19(6-8-21)23-20(2-1-11-25-23)16-26-12-14-27(15-13-26)22-9-3-18(17-28)4-10-22/h1-11H,12-16H2. The number of benzene rings is 2. The van der Waals surface area contributed by atoms with Crippen LogP contribution in [0.3, 0.4) is 0 Å². The van der Waals surface area contributed by atoms with Crippen LogP contribution in [0.1, 0.15) is 11.1 Å². The van der Waals surface area contributed by atoms with Crippen molar-refractivity contribution in [3.05, 3.63) is 83.8 Å². The van der Waals surface area contributed by atoms with E-state index in [2.05, 4.69) is 20.9 Å². The van der Waals surface area contributed by atoms with Crippen LogP contribution in [0.25, 0.3) is 11.3 Å². The van der Waals surface area contributed by atoms with Gasteiger partial charge < -0.3 is 4.90 Å². The van der Waals surface area contributed by atoms with Crippen LogP contribution < -0.4 is 4.90 Å². The first-order chi connectivity index (χ1) is 13.7. The van der Waals surface area contributed by atoms with Crippen molar-refractivity contribution in [2.75, 3.05) is 31.1 Å². The number of halogens is 1. The van der Waals surface area contributed by atoms with Crippen molar-refractivity contribution in [3.63, 3.8) is 0 Å². The number of nitrogens with zero attached hydrogens (tertiary/aromatic N) is 3. The zero-order chi connectivity index (χ0) is 19.3. The van der Waals surface area contributed by atoms with Crippen molar-refractivity contribution in [1.82, 2.24) is 9.88 Å². The van der Waals surface area contributed by atoms with Gasteiger partial charge in [-0.1, -0.05) is 6.07 Å². The van der Waals surface area contributed by atoms with Crippen molar-refractivity contribution < 1.29 is 9.18 Å². The van der Waals surface area contributed by atoms with Crippen molar-refractivity contribution in [2.24, 2.45) is 0 Å². The third-order valence-electron chi connectivity index (χ3n) is 5.13. The van der Waals surface area contributed by atoms with Gasteiger partial charge in [0.25, 0.3) is 0 Å². The molecule has 0 atom stereocenters. The van der Waals surface area contributed by atoms with E-state index in [0.717, 1.165) is 55.2 Å². The molecule has 0 unspecified atom stereocenters. The molecule has 5 heteroatoms. The monoisotopic (exact) mass is 374 g/mol. The summed E-state index contributed by atoms with van der Waals surface area (Å²) < 4.78 is 13.2. The van der Waals surface area contributed by atoms with Crippen LogP contribution in [0.5, 0.6) is 0 Å². The van der Waals surface area contributed by atoms with Crippen LogP contribution in [0.15, 0.2) is 66.9 Å². The lowest BCUT2D eigenvalue weighted by molar-refractivity contribution is 0.250. The lowest BCUT2D eigenvalue weighted by atomic mass is 10.0. The second-order valence-electron chi connectivity index (χ2n) is 6.93. The Morgan fingerprint density at radius 3 is 2.32 bits per heavy atom. The first kappa shape index (κ1) is 18.3. The molecule has 4 rings (SSSR count). The third-order valence-corrected chi connectivity index (χ3v) is 5.13. The van der Waals surface area contributed by atoms with Gasteiger partial charge in [-0.3, -0.25) is 14.7 Å². The van der Waals surface area contributed by atoms with Crippen LogP contribution in [0, 0.1) is 5.82 Å². The Hall–Kier alpha value is -3.05. The van der Waals surface area contributed by atoms with E-state index >= 15 is 0 Å². The number of piperazine rings is 1. The van der Waals surface area contributed by atoms with Crippen molar-refractivity contribution in [2.45, 2.75) is 6.54 Å². The first-order valence-corrected chi connectivity index (χ1v) is 9.38. The van der Waals surface area contributed by atoms with E-state index < -0.39 is 0 Å². The maximum Gasteiger partial charge on any atom is 0.233 e. The predicted molar refractivity (Wildman–Crippen MR) is 108 cm³/mol. The summed E-state index contributed by atoms with van der Waals surface area (Å²) in [4.78, 5) is 20.0. The Kier molecular flexibility index (Phi) is 5.44. The second kappa shape index (κ2) is 8.31. The highest BCUT2D eigenvalue weighted by atomic mass is 19.1. The summed E-state index contributed by atoms with van der Waals surface area (Å²) in [7, 11) is 0. The molecular weight excluding hydrogens is 353 g/mol. The molecule has 1 fully saturated rings. The molecule has 1 radical (unpaired) electrons. The van der Waals surface area contributed by atoms with E-state index in [1.807, 2.05) is 24.5 Å². The van der Waals surface area contributed by atoms with E-state index in [0.29, 0.717) is 5.56 Å². The quantitative estimate of drug-likeness (QED) is 0.683. The first-order valence-electron chi connectivity index (χ1n) is 9.38. The molecule has 0 N–H and O–H groups in total. The molecule has 28 heavy (non-hydrogen) atoms. The van der Waals surface area contributed by atoms with Gasteiger partial charge in [-0.2, -0.15) is 0 Å². The molecule has 2 heterocycles. The topological polar surface area (TPSA) is 36.4 Å². The highest BCUT2D eigenvalue weighted by molar-refractivity contribution is 5.76. The van der Waals surface area contributed by atoms with E-state index in [4.69, 9.17) is 0 Å². The molecule has 1 aliphatic heterocycles. The van der Waals surface area contributed by atoms with E-state index in [1.54, 1.807) is 30.5 Å². The molecule has 1 saturated heterocycles. The van der Waals surface area contributed by atoms with Gasteiger partial charge in [-0.05, 0) is 60.2 Å². The predicted octanol–water partition coefficient (Wildman–Crippen LogP) is 3.67. The van der Waals surface area contributed by atoms with Crippen LogP contribution in [0.2, 0.25) is 0 Å². The molecule has 141 valence electrons. The Bertz CT molecular complexity index is 933. The molecule has 0 saturated carbocycles. The van der Waals surface area contributed by atoms with Gasteiger partial charge in [-0.25, -0.2) is 4.39 Å². The van der Waals surface area contributed by atoms with Crippen molar-refractivity contribution in [3.8, 4) is 11.3 Å². The highest BCUT2D eigenvalue weighted by Gasteiger charge is 2.19. The Balaban J connectivity index is 1.42. The summed E-state index contributed by atoms with van der Waals surface area (Å²) in [5, 5.41) is 0. The van der Waals surface area contributed by atoms with Crippen molar-refractivity contribution in [1.29, 1.82) is 0 Å². The number of pyridine rings is 1. The van der Waals surface area contributed by atoms with Gasteiger partial charge in [-0.15, -0.1) is 0 Å². The molecule has 4 nitrogen and oxygen atoms in total. The fourth-order valence-electron chi connectivity index (χ4n) is 3.58. The van der Waals surface area contributed by atoms with Gasteiger partial charge in [0.15, 0.2) is 0 Å². The van der Waals surface area contributed by atoms with E-state index in [1.165, 1.54) is 12.1 Å². The number of hydrogen-bond acceptors (Lipinski definition) is 4. The summed E-state index contributed by atoms with van der Waals surface area (Å²) in [6, 6.07) is 18.1. The van der Waals surface area contributed by atoms with Crippen LogP contribution in [0.4, 0.5) is 10.1 Å². The van der Waals surface area contributed by atoms with E-state index in [9.17, 15) is 9.18 Å². The van der Waals surface area contributed by atoms with Gasteiger partial charge >= 0.3 is 0 Å². The minimum Gasteiger partial charge on any atom is -0.369 e. The largest absolute Gasteiger partial charge is 0.369 e. The summed E-state index contributed by atoms with van der Waals surface area (Å²) in [6.45, 7) is 4.55. The average molecular weight is 374 g/mol. The average Bonchev–Trinajstić information content (AvgIpc) is 2.75. The van der Waals surface area contributed by atoms with Crippen LogP contribution >= 0.6 is 0 Å². The molecule has 1 aromatic heterocycles. The summed E-state index contributed by atoms with van der Waals surface area (Å²) >= 11 is 0. The highest BCUT2D eigenvalue weighted by Crippen LogP contribution is 2.24. The second-order valence-corrected chi connectivity index (χ2v) is 6.93. The smallest absolute Gasteiger partial charge is 0.233 e. The zero-order valence-corrected chi connectivity index (χ0v) is 15.5. The third kappa shape index (κ3) is 4.10. The lowest BCUT2D eigenvalue weighted by Gasteiger charge is -2.36. The molecule has 3 aromatic rings. The number of anilines is 1. The number of carbonyl (C=O) groups excluding carboxylic acids is 1. The minimum absolute atomic E-state index is 0.239. The Morgan fingerprint density at radius 1 is 0.929 bits per heavy atom. The van der Waals surface area contributed by atoms with E-state index in [-0.39, 0.29) is 5.82 Å². The Labute approximate surface area is 164 Å². The number of aromatic nitrogens is 1. The van der Waals surface area contributed by atoms with Gasteiger partial charge in [0.05, 0.1) is 5.69 Å². The zero-order valence-electron chi connectivity index (χ0n) is 15.5. The molecule has 2 aromatic carbocycles. The van der Waals surface area contributed by atoms with Gasteiger partial charge in [0.2, 0.25) is 6.29 Å². The summed E-state index contributed by atoms with van der Waals surface area (Å²) in [5.41, 5.74) is 4.70. The fourth-order valence-corrected chi connectivity index (χ4v) is 3.58. The SMILES string of the molecule is O=[C]c1ccc(N2CCN(Cc3cccnc3-c3ccc(F)cc3)CC2)cc1. The molecule has 0 amide bonds. The number of hydrogen-bond donors (Lipinski definition) is 0. The fraction of sp³-hybridized carbons (Fsp3) is 0.217. The molecular formula is C23H21FN3O. The minimum atomic E-state index is -0.239. The Morgan fingerprint density at radius 2 is 1.64 bits per heavy atom. The van der Waals surface area contributed by atoms with Crippen molar-refractivity contribution >= 4 is 12.0 Å². The summed E-state index contributed by atoms with van der Waals surface area (Å²) in [5.74, 6) is -0.239. The normalized spacial score (nSPS) is 14.8. The summed E-state index contributed by atoms with van der Waals surface area (Å²) in [6.07, 6.45) is 3.69. The van der Waals surface area contributed by atoms with Gasteiger partial charge in [0, 0.05) is 55.7 Å².